The highest BCUT2D eigenvalue weighted by atomic mass is 35.5. The molecule has 5 heterocycles. The summed E-state index contributed by atoms with van der Waals surface area (Å²) in [4.78, 5) is 32.0. The lowest BCUT2D eigenvalue weighted by Gasteiger charge is -2.37. The van der Waals surface area contributed by atoms with Gasteiger partial charge in [-0.15, -0.1) is 0 Å². The minimum absolute atomic E-state index is 0.0151. The van der Waals surface area contributed by atoms with Crippen LogP contribution in [0.2, 0.25) is 0 Å². The molecule has 1 amide bonds. The maximum atomic E-state index is 13.5. The molecule has 0 radical (unpaired) electrons. The van der Waals surface area contributed by atoms with E-state index in [1.54, 1.807) is 26.2 Å². The van der Waals surface area contributed by atoms with Gasteiger partial charge in [-0.25, -0.2) is 13.2 Å². The second kappa shape index (κ2) is 14.2. The highest BCUT2D eigenvalue weighted by molar-refractivity contribution is 6.45. The van der Waals surface area contributed by atoms with E-state index in [4.69, 9.17) is 26.8 Å². The summed E-state index contributed by atoms with van der Waals surface area (Å²) in [6.07, 6.45) is 2.81. The second-order valence-electron chi connectivity index (χ2n) is 13.3. The number of methoxy groups -OCH3 is 1. The lowest BCUT2D eigenvalue weighted by molar-refractivity contribution is -0.124. The number of anilines is 1. The summed E-state index contributed by atoms with van der Waals surface area (Å²) in [6, 6.07) is 5.65. The molecule has 1 spiro atoms. The van der Waals surface area contributed by atoms with Gasteiger partial charge in [0.1, 0.15) is 17.7 Å². The number of carbonyl (C=O) groups is 1. The van der Waals surface area contributed by atoms with Crippen LogP contribution in [0.1, 0.15) is 66.5 Å². The van der Waals surface area contributed by atoms with Crippen molar-refractivity contribution in [2.45, 2.75) is 75.8 Å². The summed E-state index contributed by atoms with van der Waals surface area (Å²) >= 11 is 6.56. The Balaban J connectivity index is 0.000000381. The molecule has 2 aromatic rings. The molecule has 1 aromatic heterocycles. The number of nitrogens with two attached hydrogens (primary N) is 1. The van der Waals surface area contributed by atoms with Gasteiger partial charge in [0, 0.05) is 57.3 Å². The number of aryl methyl sites for hydroxylation is 1. The fraction of sp³-hybridized carbons (Fsp3) is 0.588. The number of likely N-dealkylation sites (N-methyl/N-ethyl adjacent to an activating group) is 1. The monoisotopic (exact) mass is 689 g/mol. The van der Waals surface area contributed by atoms with E-state index in [0.717, 1.165) is 48.2 Å². The molecule has 1 aromatic carbocycles. The Morgan fingerprint density at radius 1 is 1.23 bits per heavy atom. The highest BCUT2D eigenvalue weighted by Gasteiger charge is 2.45. The van der Waals surface area contributed by atoms with Gasteiger partial charge in [-0.2, -0.15) is 9.97 Å². The third-order valence-corrected chi connectivity index (χ3v) is 10.4. The first-order chi connectivity index (χ1) is 23.0. The Morgan fingerprint density at radius 3 is 2.77 bits per heavy atom. The Labute approximate surface area is 284 Å². The number of rotatable bonds is 5. The molecule has 3 unspecified atom stereocenters. The molecule has 3 atom stereocenters. The highest BCUT2D eigenvalue weighted by Crippen LogP contribution is 2.48. The standard InChI is InChI=1S/C27H31ClF2N6O3.C7H12FN/c1-35(2)25(37)22(31)21(28)20-13-36(10-4-9-32-20)24-17-14-39-27(12-19(17)33-26(34-24)38-3)8-7-15-5-6-16(23(29)30)11-18(15)27;8-6-4-7-2-1-3-9(7)5-6/h5-6,11,23H,4,7-10,12-14,31H2,1-3H3;6-7H,1-5H2/b22-21+;. The molecule has 2 fully saturated rings. The number of aromatic nitrogens is 2. The number of hydrogen-bond donors (Lipinski definition) is 1. The molecule has 2 N–H and O–H groups in total. The Morgan fingerprint density at radius 2 is 2.04 bits per heavy atom. The summed E-state index contributed by atoms with van der Waals surface area (Å²) in [5, 5.41) is 0.114. The molecule has 0 bridgehead atoms. The molecular formula is C34H43ClF3N7O3. The van der Waals surface area contributed by atoms with Crippen LogP contribution in [-0.4, -0.2) is 97.5 Å². The molecule has 48 heavy (non-hydrogen) atoms. The summed E-state index contributed by atoms with van der Waals surface area (Å²) in [6.45, 7) is 3.48. The quantitative estimate of drug-likeness (QED) is 0.451. The number of aliphatic imine (C=N–C) groups is 1. The summed E-state index contributed by atoms with van der Waals surface area (Å²) in [7, 11) is 4.70. The molecular weight excluding hydrogens is 647 g/mol. The van der Waals surface area contributed by atoms with Gasteiger partial charge in [0.25, 0.3) is 12.3 Å². The first-order valence-electron chi connectivity index (χ1n) is 16.5. The zero-order valence-corrected chi connectivity index (χ0v) is 28.4. The predicted octanol–water partition coefficient (Wildman–Crippen LogP) is 4.68. The molecule has 0 saturated carbocycles. The number of amides is 1. The minimum Gasteiger partial charge on any atom is -0.467 e. The second-order valence-corrected chi connectivity index (χ2v) is 13.7. The van der Waals surface area contributed by atoms with Gasteiger partial charge < -0.3 is 25.0 Å². The third kappa shape index (κ3) is 6.86. The largest absolute Gasteiger partial charge is 0.467 e. The van der Waals surface area contributed by atoms with Gasteiger partial charge in [-0.3, -0.25) is 14.7 Å². The molecule has 5 aliphatic rings. The molecule has 4 aliphatic heterocycles. The van der Waals surface area contributed by atoms with Crippen LogP contribution in [0.3, 0.4) is 0 Å². The fourth-order valence-corrected chi connectivity index (χ4v) is 7.67. The lowest BCUT2D eigenvalue weighted by Crippen LogP contribution is -2.38. The Kier molecular flexibility index (Phi) is 10.2. The molecule has 1 aliphatic carbocycles. The van der Waals surface area contributed by atoms with Gasteiger partial charge >= 0.3 is 6.01 Å². The van der Waals surface area contributed by atoms with Crippen LogP contribution in [0, 0.1) is 0 Å². The van der Waals surface area contributed by atoms with Crippen LogP contribution < -0.4 is 15.4 Å². The number of fused-ring (bicyclic) bond motifs is 4. The Hall–Kier alpha value is -3.42. The molecule has 14 heteroatoms. The number of benzene rings is 1. The summed E-state index contributed by atoms with van der Waals surface area (Å²) < 4.78 is 51.6. The van der Waals surface area contributed by atoms with Crippen molar-refractivity contribution in [1.29, 1.82) is 0 Å². The van der Waals surface area contributed by atoms with E-state index in [1.165, 1.54) is 30.9 Å². The van der Waals surface area contributed by atoms with Gasteiger partial charge in [0.2, 0.25) is 0 Å². The smallest absolute Gasteiger partial charge is 0.318 e. The van der Waals surface area contributed by atoms with E-state index in [9.17, 15) is 18.0 Å². The van der Waals surface area contributed by atoms with E-state index in [0.29, 0.717) is 50.0 Å². The van der Waals surface area contributed by atoms with Crippen LogP contribution in [0.5, 0.6) is 6.01 Å². The number of carbonyl (C=O) groups excluding carboxylic acids is 1. The van der Waals surface area contributed by atoms with E-state index < -0.39 is 24.1 Å². The summed E-state index contributed by atoms with van der Waals surface area (Å²) in [5.41, 5.74) is 9.11. The van der Waals surface area contributed by atoms with E-state index >= 15 is 0 Å². The first-order valence-corrected chi connectivity index (χ1v) is 16.9. The molecule has 260 valence electrons. The van der Waals surface area contributed by atoms with Crippen molar-refractivity contribution in [3.05, 3.63) is 56.9 Å². The number of ether oxygens (including phenoxy) is 2. The third-order valence-electron chi connectivity index (χ3n) is 9.97. The van der Waals surface area contributed by atoms with Crippen LogP contribution in [-0.2, 0) is 34.6 Å². The van der Waals surface area contributed by atoms with Gasteiger partial charge in [-0.05, 0) is 62.3 Å². The van der Waals surface area contributed by atoms with Crippen LogP contribution in [0.25, 0.3) is 0 Å². The molecule has 2 saturated heterocycles. The zero-order chi connectivity index (χ0) is 34.2. The van der Waals surface area contributed by atoms with Crippen LogP contribution in [0.4, 0.5) is 19.0 Å². The minimum atomic E-state index is -2.56. The van der Waals surface area contributed by atoms with Crippen molar-refractivity contribution in [3.8, 4) is 6.01 Å². The summed E-state index contributed by atoms with van der Waals surface area (Å²) in [5.74, 6) is 0.230. The normalized spacial score (nSPS) is 25.4. The van der Waals surface area contributed by atoms with Crippen molar-refractivity contribution < 1.29 is 27.4 Å². The average Bonchev–Trinajstić information content (AvgIpc) is 3.70. The average molecular weight is 690 g/mol. The topological polar surface area (TPSA) is 109 Å². The molecule has 10 nitrogen and oxygen atoms in total. The van der Waals surface area contributed by atoms with Crippen molar-refractivity contribution in [3.63, 3.8) is 0 Å². The number of nitrogens with zero attached hydrogens (tertiary/aromatic N) is 6. The van der Waals surface area contributed by atoms with Crippen molar-refractivity contribution in [2.24, 2.45) is 10.7 Å². The SMILES string of the molecule is COc1nc2c(c(N3CCCN=C(/C(Cl)=C(\N)C(=O)N(C)C)C3)n1)COC1(CCc3ccc(C(F)F)cc31)C2.FC1CC2CCCN2C1. The fourth-order valence-electron chi connectivity index (χ4n) is 7.47. The number of alkyl halides is 3. The maximum Gasteiger partial charge on any atom is 0.318 e. The number of halogens is 4. The van der Waals surface area contributed by atoms with Crippen molar-refractivity contribution in [2.75, 3.05) is 58.8 Å². The predicted molar refractivity (Wildman–Crippen MR) is 177 cm³/mol. The van der Waals surface area contributed by atoms with Gasteiger partial charge in [0.05, 0.1) is 42.3 Å². The Bertz CT molecular complexity index is 1590. The van der Waals surface area contributed by atoms with Crippen molar-refractivity contribution >= 4 is 29.0 Å². The molecule has 7 rings (SSSR count). The van der Waals surface area contributed by atoms with Gasteiger partial charge in [0.15, 0.2) is 0 Å². The van der Waals surface area contributed by atoms with Crippen LogP contribution in [0.15, 0.2) is 33.9 Å². The van der Waals surface area contributed by atoms with Crippen LogP contribution >= 0.6 is 11.6 Å². The van der Waals surface area contributed by atoms with E-state index in [2.05, 4.69) is 19.9 Å². The number of hydrogen-bond acceptors (Lipinski definition) is 9. The van der Waals surface area contributed by atoms with Crippen molar-refractivity contribution in [1.82, 2.24) is 19.8 Å². The van der Waals surface area contributed by atoms with E-state index in [-0.39, 0.29) is 35.5 Å². The first kappa shape index (κ1) is 34.4. The lowest BCUT2D eigenvalue weighted by atomic mass is 9.86. The maximum absolute atomic E-state index is 13.5. The van der Waals surface area contributed by atoms with Gasteiger partial charge in [-0.1, -0.05) is 23.7 Å². The zero-order valence-electron chi connectivity index (χ0n) is 27.7. The van der Waals surface area contributed by atoms with E-state index in [1.807, 2.05) is 4.90 Å².